The summed E-state index contributed by atoms with van der Waals surface area (Å²) in [6.07, 6.45) is 1.71. The normalized spacial score (nSPS) is 10.7. The Labute approximate surface area is 132 Å². The molecule has 0 aliphatic carbocycles. The summed E-state index contributed by atoms with van der Waals surface area (Å²) in [7, 11) is 1.61. The van der Waals surface area contributed by atoms with Crippen molar-refractivity contribution in [2.75, 3.05) is 7.05 Å². The van der Waals surface area contributed by atoms with Crippen LogP contribution in [0.15, 0.2) is 54.7 Å². The largest absolute Gasteiger partial charge is 0.337 e. The molecule has 5 heteroatoms. The van der Waals surface area contributed by atoms with Gasteiger partial charge in [-0.1, -0.05) is 18.2 Å². The molecule has 0 radical (unpaired) electrons. The van der Waals surface area contributed by atoms with Gasteiger partial charge in [-0.05, 0) is 35.9 Å². The van der Waals surface area contributed by atoms with E-state index in [2.05, 4.69) is 4.98 Å². The van der Waals surface area contributed by atoms with Gasteiger partial charge in [-0.2, -0.15) is 0 Å². The summed E-state index contributed by atoms with van der Waals surface area (Å²) in [6.45, 7) is 0.329. The molecule has 23 heavy (non-hydrogen) atoms. The number of aromatic nitrogens is 1. The highest BCUT2D eigenvalue weighted by atomic mass is 19.2. The summed E-state index contributed by atoms with van der Waals surface area (Å²) in [5.74, 6) is -2.38. The zero-order chi connectivity index (χ0) is 16.4. The van der Waals surface area contributed by atoms with E-state index in [1.807, 2.05) is 30.3 Å². The molecule has 0 spiro atoms. The number of benzene rings is 2. The lowest BCUT2D eigenvalue weighted by molar-refractivity contribution is 0.0784. The quantitative estimate of drug-likeness (QED) is 0.737. The molecule has 116 valence electrons. The Kier molecular flexibility index (Phi) is 4.02. The number of hydrogen-bond acceptors (Lipinski definition) is 2. The van der Waals surface area contributed by atoms with Crippen molar-refractivity contribution in [3.05, 3.63) is 77.5 Å². The molecule has 0 saturated carbocycles. The molecular formula is C18H14F2N2O. The number of halogens is 2. The SMILES string of the molecule is CN(Cc1cnc2ccccc2c1)C(=O)c1ccc(F)c(F)c1. The maximum absolute atomic E-state index is 13.2. The van der Waals surface area contributed by atoms with E-state index in [1.54, 1.807) is 13.2 Å². The molecule has 1 heterocycles. The number of carbonyl (C=O) groups excluding carboxylic acids is 1. The van der Waals surface area contributed by atoms with Crippen LogP contribution in [0.2, 0.25) is 0 Å². The zero-order valence-corrected chi connectivity index (χ0v) is 12.5. The number of hydrogen-bond donors (Lipinski definition) is 0. The van der Waals surface area contributed by atoms with Crippen molar-refractivity contribution < 1.29 is 13.6 Å². The van der Waals surface area contributed by atoms with Gasteiger partial charge in [0.2, 0.25) is 0 Å². The van der Waals surface area contributed by atoms with Gasteiger partial charge in [-0.25, -0.2) is 8.78 Å². The third-order valence-corrected chi connectivity index (χ3v) is 3.58. The second kappa shape index (κ2) is 6.12. The smallest absolute Gasteiger partial charge is 0.254 e. The fraction of sp³-hybridized carbons (Fsp3) is 0.111. The molecule has 3 rings (SSSR count). The van der Waals surface area contributed by atoms with Crippen LogP contribution in [0, 0.1) is 11.6 Å². The van der Waals surface area contributed by atoms with E-state index < -0.39 is 11.6 Å². The van der Waals surface area contributed by atoms with Crippen molar-refractivity contribution in [3.63, 3.8) is 0 Å². The number of nitrogens with zero attached hydrogens (tertiary/aromatic N) is 2. The van der Waals surface area contributed by atoms with Crippen molar-refractivity contribution in [1.82, 2.24) is 9.88 Å². The second-order valence-corrected chi connectivity index (χ2v) is 5.33. The van der Waals surface area contributed by atoms with Gasteiger partial charge in [-0.15, -0.1) is 0 Å². The Morgan fingerprint density at radius 2 is 1.87 bits per heavy atom. The topological polar surface area (TPSA) is 33.2 Å². The summed E-state index contributed by atoms with van der Waals surface area (Å²) >= 11 is 0. The van der Waals surface area contributed by atoms with Gasteiger partial charge < -0.3 is 4.90 Å². The molecule has 0 unspecified atom stereocenters. The molecule has 1 amide bonds. The first-order valence-electron chi connectivity index (χ1n) is 7.09. The van der Waals surface area contributed by atoms with Crippen LogP contribution in [0.25, 0.3) is 10.9 Å². The molecular weight excluding hydrogens is 298 g/mol. The number of para-hydroxylation sites is 1. The van der Waals surface area contributed by atoms with Gasteiger partial charge in [-0.3, -0.25) is 9.78 Å². The minimum absolute atomic E-state index is 0.111. The minimum Gasteiger partial charge on any atom is -0.337 e. The van der Waals surface area contributed by atoms with Gasteiger partial charge in [0.25, 0.3) is 5.91 Å². The molecule has 3 aromatic rings. The van der Waals surface area contributed by atoms with E-state index in [-0.39, 0.29) is 11.5 Å². The van der Waals surface area contributed by atoms with E-state index in [9.17, 15) is 13.6 Å². The second-order valence-electron chi connectivity index (χ2n) is 5.33. The molecule has 0 bridgehead atoms. The third kappa shape index (κ3) is 3.18. The van der Waals surface area contributed by atoms with Crippen molar-refractivity contribution in [3.8, 4) is 0 Å². The zero-order valence-electron chi connectivity index (χ0n) is 12.5. The van der Waals surface area contributed by atoms with Crippen molar-refractivity contribution in [1.29, 1.82) is 0 Å². The lowest BCUT2D eigenvalue weighted by Gasteiger charge is -2.17. The van der Waals surface area contributed by atoms with E-state index in [0.717, 1.165) is 28.6 Å². The van der Waals surface area contributed by atoms with Crippen LogP contribution in [0.5, 0.6) is 0 Å². The fourth-order valence-corrected chi connectivity index (χ4v) is 2.40. The highest BCUT2D eigenvalue weighted by Crippen LogP contribution is 2.15. The Hall–Kier alpha value is -2.82. The summed E-state index contributed by atoms with van der Waals surface area (Å²) in [5, 5.41) is 0.985. The first-order chi connectivity index (χ1) is 11.0. The summed E-state index contributed by atoms with van der Waals surface area (Å²) < 4.78 is 26.2. The van der Waals surface area contributed by atoms with Gasteiger partial charge in [0, 0.05) is 30.7 Å². The van der Waals surface area contributed by atoms with Crippen LogP contribution in [0.3, 0.4) is 0 Å². The Morgan fingerprint density at radius 1 is 1.09 bits per heavy atom. The highest BCUT2D eigenvalue weighted by Gasteiger charge is 2.14. The number of pyridine rings is 1. The lowest BCUT2D eigenvalue weighted by Crippen LogP contribution is -2.26. The van der Waals surface area contributed by atoms with Crippen LogP contribution >= 0.6 is 0 Å². The molecule has 0 aliphatic heterocycles. The van der Waals surface area contributed by atoms with E-state index in [4.69, 9.17) is 0 Å². The number of fused-ring (bicyclic) bond motifs is 1. The predicted molar refractivity (Wildman–Crippen MR) is 83.9 cm³/mol. The number of amides is 1. The Morgan fingerprint density at radius 3 is 2.65 bits per heavy atom. The highest BCUT2D eigenvalue weighted by molar-refractivity contribution is 5.94. The first kappa shape index (κ1) is 15.1. The maximum Gasteiger partial charge on any atom is 0.254 e. The summed E-state index contributed by atoms with van der Waals surface area (Å²) in [6, 6.07) is 12.8. The van der Waals surface area contributed by atoms with Gasteiger partial charge >= 0.3 is 0 Å². The first-order valence-corrected chi connectivity index (χ1v) is 7.09. The van der Waals surface area contributed by atoms with Crippen molar-refractivity contribution in [2.45, 2.75) is 6.54 Å². The molecule has 0 aliphatic rings. The van der Waals surface area contributed by atoms with E-state index >= 15 is 0 Å². The minimum atomic E-state index is -1.03. The average Bonchev–Trinajstić information content (AvgIpc) is 2.56. The van der Waals surface area contributed by atoms with Gasteiger partial charge in [0.15, 0.2) is 11.6 Å². The van der Waals surface area contributed by atoms with Crippen LogP contribution in [-0.4, -0.2) is 22.8 Å². The molecule has 2 aromatic carbocycles. The van der Waals surface area contributed by atoms with Gasteiger partial charge in [0.1, 0.15) is 0 Å². The van der Waals surface area contributed by atoms with Crippen LogP contribution in [0.1, 0.15) is 15.9 Å². The van der Waals surface area contributed by atoms with Crippen LogP contribution < -0.4 is 0 Å². The maximum atomic E-state index is 13.2. The number of carbonyl (C=O) groups is 1. The Bertz CT molecular complexity index is 880. The molecule has 0 fully saturated rings. The molecule has 0 atom stereocenters. The summed E-state index contributed by atoms with van der Waals surface area (Å²) in [5.41, 5.74) is 1.85. The number of rotatable bonds is 3. The standard InChI is InChI=1S/C18H14F2N2O/c1-22(18(23)14-6-7-15(19)16(20)9-14)11-12-8-13-4-2-3-5-17(13)21-10-12/h2-10H,11H2,1H3. The predicted octanol–water partition coefficient (Wildman–Crippen LogP) is 3.79. The van der Waals surface area contributed by atoms with Crippen LogP contribution in [0.4, 0.5) is 8.78 Å². The lowest BCUT2D eigenvalue weighted by atomic mass is 10.1. The average molecular weight is 312 g/mol. The van der Waals surface area contributed by atoms with Crippen molar-refractivity contribution in [2.24, 2.45) is 0 Å². The van der Waals surface area contributed by atoms with E-state index in [1.165, 1.54) is 11.0 Å². The van der Waals surface area contributed by atoms with Crippen LogP contribution in [-0.2, 0) is 6.54 Å². The summed E-state index contributed by atoms with van der Waals surface area (Å²) in [4.78, 5) is 18.1. The third-order valence-electron chi connectivity index (χ3n) is 3.58. The molecule has 3 nitrogen and oxygen atoms in total. The van der Waals surface area contributed by atoms with Crippen molar-refractivity contribution >= 4 is 16.8 Å². The Balaban J connectivity index is 1.80. The van der Waals surface area contributed by atoms with Gasteiger partial charge in [0.05, 0.1) is 5.52 Å². The fourth-order valence-electron chi connectivity index (χ4n) is 2.40. The molecule has 0 saturated heterocycles. The monoisotopic (exact) mass is 312 g/mol. The molecule has 1 aromatic heterocycles. The molecule has 0 N–H and O–H groups in total. The van der Waals surface area contributed by atoms with E-state index in [0.29, 0.717) is 6.54 Å².